The van der Waals surface area contributed by atoms with Gasteiger partial charge in [-0.3, -0.25) is 4.72 Å². The van der Waals surface area contributed by atoms with E-state index >= 15 is 0 Å². The number of nitrogens with one attached hydrogen (secondary N) is 1. The lowest BCUT2D eigenvalue weighted by molar-refractivity contribution is 0.601. The molecule has 0 spiro atoms. The molecule has 0 saturated carbocycles. The fourth-order valence-corrected chi connectivity index (χ4v) is 3.41. The van der Waals surface area contributed by atoms with Crippen LogP contribution in [0.3, 0.4) is 0 Å². The Hall–Kier alpha value is -0.820. The van der Waals surface area contributed by atoms with Crippen LogP contribution in [0.5, 0.6) is 0 Å². The van der Waals surface area contributed by atoms with E-state index in [4.69, 9.17) is 23.2 Å². The van der Waals surface area contributed by atoms with Gasteiger partial charge in [-0.1, -0.05) is 23.2 Å². The van der Waals surface area contributed by atoms with E-state index in [0.717, 1.165) is 12.1 Å². The highest BCUT2D eigenvalue weighted by Gasteiger charge is 2.16. The Morgan fingerprint density at radius 3 is 2.40 bits per heavy atom. The Morgan fingerprint density at radius 1 is 1.10 bits per heavy atom. The lowest BCUT2D eigenvalue weighted by atomic mass is 10.3. The highest BCUT2D eigenvalue weighted by molar-refractivity contribution is 9.10. The van der Waals surface area contributed by atoms with Crippen molar-refractivity contribution in [3.05, 3.63) is 56.7 Å². The summed E-state index contributed by atoms with van der Waals surface area (Å²) in [6, 6.07) is 7.57. The van der Waals surface area contributed by atoms with Crippen LogP contribution in [0.2, 0.25) is 10.0 Å². The highest BCUT2D eigenvalue weighted by atomic mass is 79.9. The summed E-state index contributed by atoms with van der Waals surface area (Å²) in [5.41, 5.74) is 0.0427. The largest absolute Gasteiger partial charge is 0.279 e. The first-order valence-electron chi connectivity index (χ1n) is 5.22. The van der Waals surface area contributed by atoms with Crippen LogP contribution < -0.4 is 4.72 Å². The van der Waals surface area contributed by atoms with Gasteiger partial charge in [0.25, 0.3) is 10.0 Å². The molecule has 1 N–H and O–H groups in total. The number of anilines is 1. The zero-order valence-corrected chi connectivity index (χ0v) is 13.6. The third kappa shape index (κ3) is 3.63. The van der Waals surface area contributed by atoms with Crippen molar-refractivity contribution >= 4 is 54.8 Å². The molecule has 0 aromatic heterocycles. The zero-order chi connectivity index (χ0) is 14.9. The summed E-state index contributed by atoms with van der Waals surface area (Å²) in [7, 11) is -3.85. The quantitative estimate of drug-likeness (QED) is 0.814. The molecule has 0 fully saturated rings. The normalized spacial score (nSPS) is 11.4. The molecule has 106 valence electrons. The highest BCUT2D eigenvalue weighted by Crippen LogP contribution is 2.27. The van der Waals surface area contributed by atoms with Gasteiger partial charge in [0.1, 0.15) is 5.82 Å². The summed E-state index contributed by atoms with van der Waals surface area (Å²) >= 11 is 14.6. The topological polar surface area (TPSA) is 46.2 Å². The number of sulfonamides is 1. The van der Waals surface area contributed by atoms with Gasteiger partial charge in [0.05, 0.1) is 15.6 Å². The summed E-state index contributed by atoms with van der Waals surface area (Å²) in [6.45, 7) is 0. The van der Waals surface area contributed by atoms with Gasteiger partial charge in [0, 0.05) is 9.50 Å². The molecule has 3 nitrogen and oxygen atoms in total. The summed E-state index contributed by atoms with van der Waals surface area (Å²) in [5.74, 6) is -0.632. The Morgan fingerprint density at radius 2 is 1.80 bits per heavy atom. The second kappa shape index (κ2) is 5.89. The zero-order valence-electron chi connectivity index (χ0n) is 9.70. The molecule has 0 aliphatic heterocycles. The van der Waals surface area contributed by atoms with Gasteiger partial charge >= 0.3 is 0 Å². The Labute approximate surface area is 133 Å². The van der Waals surface area contributed by atoms with Crippen LogP contribution in [0.15, 0.2) is 45.8 Å². The van der Waals surface area contributed by atoms with E-state index in [9.17, 15) is 12.8 Å². The predicted octanol–water partition coefficient (Wildman–Crippen LogP) is 4.70. The molecule has 2 aromatic rings. The van der Waals surface area contributed by atoms with E-state index in [-0.39, 0.29) is 15.6 Å². The van der Waals surface area contributed by atoms with Crippen LogP contribution in [0.4, 0.5) is 10.1 Å². The minimum atomic E-state index is -3.85. The fraction of sp³-hybridized carbons (Fsp3) is 0. The van der Waals surface area contributed by atoms with Crippen LogP contribution in [-0.4, -0.2) is 8.42 Å². The Balaban J connectivity index is 2.37. The minimum absolute atomic E-state index is 0.00541. The molecule has 2 rings (SSSR count). The van der Waals surface area contributed by atoms with Gasteiger partial charge in [-0.2, -0.15) is 0 Å². The van der Waals surface area contributed by atoms with Gasteiger partial charge < -0.3 is 0 Å². The third-order valence-electron chi connectivity index (χ3n) is 2.32. The molecule has 8 heteroatoms. The maximum Gasteiger partial charge on any atom is 0.261 e. The lowest BCUT2D eigenvalue weighted by Crippen LogP contribution is -2.13. The molecular formula is C12H7BrCl2FNO2S. The fourth-order valence-electron chi connectivity index (χ4n) is 1.47. The second-order valence-corrected chi connectivity index (χ2v) is 7.22. The average Bonchev–Trinajstić information content (AvgIpc) is 2.30. The van der Waals surface area contributed by atoms with Crippen molar-refractivity contribution < 1.29 is 12.8 Å². The molecular weight excluding hydrogens is 392 g/mol. The molecule has 0 saturated heterocycles. The summed E-state index contributed by atoms with van der Waals surface area (Å²) in [4.78, 5) is -0.00541. The van der Waals surface area contributed by atoms with E-state index in [1.54, 1.807) is 0 Å². The second-order valence-electron chi connectivity index (χ2n) is 3.84. The summed E-state index contributed by atoms with van der Waals surface area (Å²) < 4.78 is 40.2. The van der Waals surface area contributed by atoms with E-state index in [1.807, 2.05) is 0 Å². The smallest absolute Gasteiger partial charge is 0.261 e. The first-order chi connectivity index (χ1) is 9.28. The lowest BCUT2D eigenvalue weighted by Gasteiger charge is -2.09. The maximum atomic E-state index is 13.2. The van der Waals surface area contributed by atoms with Crippen molar-refractivity contribution in [3.8, 4) is 0 Å². The van der Waals surface area contributed by atoms with Crippen molar-refractivity contribution in [1.82, 2.24) is 0 Å². The molecule has 0 atom stereocenters. The number of hydrogen-bond acceptors (Lipinski definition) is 2. The summed E-state index contributed by atoms with van der Waals surface area (Å²) in [5, 5.41) is 0.484. The predicted molar refractivity (Wildman–Crippen MR) is 81.4 cm³/mol. The molecule has 0 radical (unpaired) electrons. The van der Waals surface area contributed by atoms with Gasteiger partial charge in [-0.15, -0.1) is 0 Å². The van der Waals surface area contributed by atoms with Crippen molar-refractivity contribution in [3.63, 3.8) is 0 Å². The molecule has 2 aromatic carbocycles. The number of benzene rings is 2. The number of hydrogen-bond donors (Lipinski definition) is 1. The Kier molecular flexibility index (Phi) is 4.59. The average molecular weight is 399 g/mol. The molecule has 20 heavy (non-hydrogen) atoms. The first kappa shape index (κ1) is 15.6. The van der Waals surface area contributed by atoms with Crippen molar-refractivity contribution in [2.45, 2.75) is 4.90 Å². The molecule has 0 aliphatic carbocycles. The first-order valence-corrected chi connectivity index (χ1v) is 8.25. The Bertz CT molecular complexity index is 748. The van der Waals surface area contributed by atoms with Gasteiger partial charge in [-0.05, 0) is 52.3 Å². The molecule has 0 aliphatic rings. The van der Waals surface area contributed by atoms with E-state index in [2.05, 4.69) is 20.7 Å². The number of halogens is 4. The standard InChI is InChI=1S/C12H7BrCl2FNO2S/c13-11-6-10(1-2-12(11)15)20(18,19)17-9-4-7(14)3-8(16)5-9/h1-6,17H. The van der Waals surface area contributed by atoms with E-state index < -0.39 is 15.8 Å². The van der Waals surface area contributed by atoms with E-state index in [1.165, 1.54) is 24.3 Å². The minimum Gasteiger partial charge on any atom is -0.279 e. The molecule has 0 amide bonds. The van der Waals surface area contributed by atoms with Crippen LogP contribution >= 0.6 is 39.1 Å². The van der Waals surface area contributed by atoms with Crippen LogP contribution in [0.25, 0.3) is 0 Å². The number of rotatable bonds is 3. The van der Waals surface area contributed by atoms with Crippen LogP contribution in [-0.2, 0) is 10.0 Å². The molecule has 0 unspecified atom stereocenters. The van der Waals surface area contributed by atoms with Gasteiger partial charge in [0.15, 0.2) is 0 Å². The molecule has 0 heterocycles. The van der Waals surface area contributed by atoms with Crippen molar-refractivity contribution in [2.24, 2.45) is 0 Å². The van der Waals surface area contributed by atoms with E-state index in [0.29, 0.717) is 9.50 Å². The van der Waals surface area contributed by atoms with Crippen LogP contribution in [0.1, 0.15) is 0 Å². The molecule has 0 bridgehead atoms. The van der Waals surface area contributed by atoms with Gasteiger partial charge in [0.2, 0.25) is 0 Å². The van der Waals surface area contributed by atoms with Crippen LogP contribution in [0, 0.1) is 5.82 Å². The van der Waals surface area contributed by atoms with Gasteiger partial charge in [-0.25, -0.2) is 12.8 Å². The third-order valence-corrected chi connectivity index (χ3v) is 5.13. The maximum absolute atomic E-state index is 13.2. The van der Waals surface area contributed by atoms with Crippen molar-refractivity contribution in [1.29, 1.82) is 0 Å². The monoisotopic (exact) mass is 397 g/mol. The van der Waals surface area contributed by atoms with Crippen molar-refractivity contribution in [2.75, 3.05) is 4.72 Å². The summed E-state index contributed by atoms with van der Waals surface area (Å²) in [6.07, 6.45) is 0. The SMILES string of the molecule is O=S(=O)(Nc1cc(F)cc(Cl)c1)c1ccc(Cl)c(Br)c1.